The van der Waals surface area contributed by atoms with Crippen LogP contribution in [0.25, 0.3) is 0 Å². The highest BCUT2D eigenvalue weighted by Gasteiger charge is 2.47. The second-order valence-corrected chi connectivity index (χ2v) is 7.56. The first-order valence-electron chi connectivity index (χ1n) is 9.08. The van der Waals surface area contributed by atoms with Gasteiger partial charge in [-0.2, -0.15) is 5.01 Å². The van der Waals surface area contributed by atoms with E-state index in [0.29, 0.717) is 18.9 Å². The van der Waals surface area contributed by atoms with Crippen LogP contribution in [-0.4, -0.2) is 63.4 Å². The highest BCUT2D eigenvalue weighted by atomic mass is 19.4. The molecule has 4 aliphatic rings. The summed E-state index contributed by atoms with van der Waals surface area (Å²) in [6.45, 7) is 1.56. The van der Waals surface area contributed by atoms with E-state index >= 15 is 0 Å². The van der Waals surface area contributed by atoms with Crippen molar-refractivity contribution in [2.75, 3.05) is 13.1 Å². The molecule has 0 aromatic rings. The lowest BCUT2D eigenvalue weighted by molar-refractivity contribution is -0.266. The summed E-state index contributed by atoms with van der Waals surface area (Å²) in [7, 11) is 0. The lowest BCUT2D eigenvalue weighted by atomic mass is 9.91. The first-order valence-corrected chi connectivity index (χ1v) is 9.08. The van der Waals surface area contributed by atoms with Gasteiger partial charge in [-0.05, 0) is 51.6 Å². The van der Waals surface area contributed by atoms with Crippen molar-refractivity contribution in [1.82, 2.24) is 20.4 Å². The summed E-state index contributed by atoms with van der Waals surface area (Å²) >= 11 is 0. The third kappa shape index (κ3) is 3.20. The van der Waals surface area contributed by atoms with Gasteiger partial charge in [-0.1, -0.05) is 5.59 Å². The van der Waals surface area contributed by atoms with Gasteiger partial charge < -0.3 is 19.7 Å². The van der Waals surface area contributed by atoms with Crippen LogP contribution in [0, 0.1) is 5.92 Å². The van der Waals surface area contributed by atoms with E-state index in [9.17, 15) is 18.0 Å². The SMILES string of the molecule is O=C(O)C1CCN([C@H]2C[C@H]3CC[C@@H](C2)N3C2=CN(C(F)(F)F)NO2)CC1. The number of carbonyl (C=O) groups is 1. The highest BCUT2D eigenvalue weighted by molar-refractivity contribution is 5.70. The Bertz CT molecular complexity index is 578. The van der Waals surface area contributed by atoms with Crippen LogP contribution < -0.4 is 5.59 Å². The van der Waals surface area contributed by atoms with Crippen LogP contribution in [-0.2, 0) is 9.63 Å². The Morgan fingerprint density at radius 3 is 2.23 bits per heavy atom. The summed E-state index contributed by atoms with van der Waals surface area (Å²) in [5.41, 5.74) is 1.91. The number of rotatable bonds is 3. The molecule has 3 atom stereocenters. The summed E-state index contributed by atoms with van der Waals surface area (Å²) in [6, 6.07) is 0.696. The van der Waals surface area contributed by atoms with E-state index in [1.807, 2.05) is 10.5 Å². The number of nitrogens with zero attached hydrogens (tertiary/aromatic N) is 3. The minimum Gasteiger partial charge on any atom is -0.481 e. The monoisotopic (exact) mass is 376 g/mol. The van der Waals surface area contributed by atoms with E-state index in [2.05, 4.69) is 4.90 Å². The smallest absolute Gasteiger partial charge is 0.481 e. The number of likely N-dealkylation sites (tertiary alicyclic amines) is 1. The normalized spacial score (nSPS) is 33.3. The number of fused-ring (bicyclic) bond motifs is 2. The summed E-state index contributed by atoms with van der Waals surface area (Å²) in [6.07, 6.45) is 1.44. The van der Waals surface area contributed by atoms with Gasteiger partial charge in [-0.3, -0.25) is 4.79 Å². The molecule has 2 bridgehead atoms. The average Bonchev–Trinajstić information content (AvgIpc) is 3.17. The molecule has 0 radical (unpaired) electrons. The van der Waals surface area contributed by atoms with E-state index in [-0.39, 0.29) is 28.9 Å². The minimum atomic E-state index is -4.52. The molecule has 3 fully saturated rings. The summed E-state index contributed by atoms with van der Waals surface area (Å²) < 4.78 is 38.3. The van der Waals surface area contributed by atoms with Gasteiger partial charge in [-0.15, -0.1) is 13.2 Å². The molecular formula is C16H23F3N4O3. The second-order valence-electron chi connectivity index (χ2n) is 7.56. The number of piperidine rings is 2. The summed E-state index contributed by atoms with van der Waals surface area (Å²) in [5, 5.41) is 9.16. The van der Waals surface area contributed by atoms with Gasteiger partial charge in [0.2, 0.25) is 5.88 Å². The second kappa shape index (κ2) is 6.49. The van der Waals surface area contributed by atoms with Gasteiger partial charge in [0, 0.05) is 18.1 Å². The molecule has 2 N–H and O–H groups in total. The number of hydrogen-bond donors (Lipinski definition) is 2. The van der Waals surface area contributed by atoms with Crippen molar-refractivity contribution >= 4 is 5.97 Å². The maximum atomic E-state index is 12.8. The van der Waals surface area contributed by atoms with Gasteiger partial charge in [0.15, 0.2) is 0 Å². The highest BCUT2D eigenvalue weighted by Crippen LogP contribution is 2.42. The van der Waals surface area contributed by atoms with Gasteiger partial charge in [-0.25, -0.2) is 0 Å². The fourth-order valence-electron chi connectivity index (χ4n) is 4.82. The number of carboxylic acid groups (broad SMARTS) is 1. The first kappa shape index (κ1) is 17.7. The third-order valence-corrected chi connectivity index (χ3v) is 6.12. The minimum absolute atomic E-state index is 0.0323. The van der Waals surface area contributed by atoms with Crippen molar-refractivity contribution in [3.8, 4) is 0 Å². The number of hydrazine groups is 1. The van der Waals surface area contributed by atoms with E-state index < -0.39 is 12.3 Å². The van der Waals surface area contributed by atoms with Gasteiger partial charge in [0.25, 0.3) is 0 Å². The molecule has 3 saturated heterocycles. The molecule has 0 aromatic heterocycles. The summed E-state index contributed by atoms with van der Waals surface area (Å²) in [5.74, 6) is -0.732. The predicted molar refractivity (Wildman–Crippen MR) is 83.8 cm³/mol. The molecule has 0 saturated carbocycles. The molecule has 10 heteroatoms. The number of nitrogens with one attached hydrogen (secondary N) is 1. The van der Waals surface area contributed by atoms with Crippen molar-refractivity contribution < 1.29 is 27.9 Å². The third-order valence-electron chi connectivity index (χ3n) is 6.12. The number of alkyl halides is 3. The molecule has 26 heavy (non-hydrogen) atoms. The van der Waals surface area contributed by atoms with Gasteiger partial charge in [0.05, 0.1) is 12.1 Å². The van der Waals surface area contributed by atoms with Crippen LogP contribution in [0.3, 0.4) is 0 Å². The van der Waals surface area contributed by atoms with E-state index in [1.54, 1.807) is 0 Å². The zero-order valence-corrected chi connectivity index (χ0v) is 14.3. The number of hydrogen-bond acceptors (Lipinski definition) is 6. The maximum Gasteiger partial charge on any atom is 0.501 e. The average molecular weight is 376 g/mol. The Kier molecular flexibility index (Phi) is 4.42. The Hall–Kier alpha value is -1.68. The first-order chi connectivity index (χ1) is 12.3. The van der Waals surface area contributed by atoms with Gasteiger partial charge >= 0.3 is 12.3 Å². The summed E-state index contributed by atoms with van der Waals surface area (Å²) in [4.78, 5) is 20.6. The molecular weight excluding hydrogens is 353 g/mol. The number of aliphatic carboxylic acids is 1. The lowest BCUT2D eigenvalue weighted by Gasteiger charge is -2.45. The van der Waals surface area contributed by atoms with E-state index in [0.717, 1.165) is 45.0 Å². The van der Waals surface area contributed by atoms with Crippen LogP contribution in [0.15, 0.2) is 12.1 Å². The zero-order chi connectivity index (χ0) is 18.5. The van der Waals surface area contributed by atoms with Crippen LogP contribution in [0.5, 0.6) is 0 Å². The fourth-order valence-corrected chi connectivity index (χ4v) is 4.82. The van der Waals surface area contributed by atoms with Crippen LogP contribution in [0.1, 0.15) is 38.5 Å². The van der Waals surface area contributed by atoms with Crippen LogP contribution in [0.2, 0.25) is 0 Å². The van der Waals surface area contributed by atoms with Gasteiger partial charge in [0.1, 0.15) is 0 Å². The molecule has 4 rings (SSSR count). The van der Waals surface area contributed by atoms with Crippen molar-refractivity contribution in [3.05, 3.63) is 12.1 Å². The lowest BCUT2D eigenvalue weighted by Crippen LogP contribution is -2.52. The van der Waals surface area contributed by atoms with Crippen LogP contribution in [0.4, 0.5) is 13.2 Å². The number of halogens is 3. The van der Waals surface area contributed by atoms with E-state index in [4.69, 9.17) is 9.94 Å². The Balaban J connectivity index is 1.39. The molecule has 146 valence electrons. The Labute approximate surface area is 149 Å². The molecule has 4 heterocycles. The molecule has 0 aliphatic carbocycles. The quantitative estimate of drug-likeness (QED) is 0.729. The molecule has 0 spiro atoms. The standard InChI is InChI=1S/C16H23F3N4O3/c17-16(18,19)22-9-14(26-20-22)23-11-1-2-12(23)8-13(7-11)21-5-3-10(4-6-21)15(24)25/h9-13,20H,1-8H2,(H,24,25)/t11-,12+,13+. The van der Waals surface area contributed by atoms with Crippen molar-refractivity contribution in [2.45, 2.75) is 63.0 Å². The number of carboxylic acids is 1. The van der Waals surface area contributed by atoms with Crippen molar-refractivity contribution in [2.24, 2.45) is 5.92 Å². The molecule has 7 nitrogen and oxygen atoms in total. The van der Waals surface area contributed by atoms with Crippen LogP contribution >= 0.6 is 0 Å². The zero-order valence-electron chi connectivity index (χ0n) is 14.3. The molecule has 4 aliphatic heterocycles. The van der Waals surface area contributed by atoms with E-state index in [1.165, 1.54) is 0 Å². The van der Waals surface area contributed by atoms with Crippen molar-refractivity contribution in [1.29, 1.82) is 0 Å². The van der Waals surface area contributed by atoms with Crippen molar-refractivity contribution in [3.63, 3.8) is 0 Å². The molecule has 0 amide bonds. The largest absolute Gasteiger partial charge is 0.501 e. The molecule has 0 aromatic carbocycles. The topological polar surface area (TPSA) is 68.3 Å². The molecule has 0 unspecified atom stereocenters. The maximum absolute atomic E-state index is 12.8. The predicted octanol–water partition coefficient (Wildman–Crippen LogP) is 1.85. The fraction of sp³-hybridized carbons (Fsp3) is 0.812. The Morgan fingerprint density at radius 2 is 1.73 bits per heavy atom. The Morgan fingerprint density at radius 1 is 1.12 bits per heavy atom.